The highest BCUT2D eigenvalue weighted by Gasteiger charge is 2.08. The molecular formula is C24H34IN5O2. The molecule has 0 saturated carbocycles. The van der Waals surface area contributed by atoms with E-state index >= 15 is 0 Å². The van der Waals surface area contributed by atoms with Crippen LogP contribution >= 0.6 is 24.0 Å². The molecule has 0 radical (unpaired) electrons. The summed E-state index contributed by atoms with van der Waals surface area (Å²) in [5, 5.41) is 9.38. The first-order valence-corrected chi connectivity index (χ1v) is 10.6. The van der Waals surface area contributed by atoms with Crippen LogP contribution in [0.1, 0.15) is 35.3 Å². The molecule has 0 bridgehead atoms. The van der Waals surface area contributed by atoms with E-state index in [1.54, 1.807) is 19.0 Å². The van der Waals surface area contributed by atoms with Gasteiger partial charge in [-0.2, -0.15) is 0 Å². The molecule has 174 valence electrons. The van der Waals surface area contributed by atoms with E-state index in [0.717, 1.165) is 48.7 Å². The van der Waals surface area contributed by atoms with Crippen LogP contribution in [0.15, 0.2) is 53.5 Å². The SMILES string of the molecule is CCNC(=NCCc1ccc(NC(C)=O)cc1)NCCc1cccc(C(=O)N(C)C)c1.I. The molecule has 32 heavy (non-hydrogen) atoms. The van der Waals surface area contributed by atoms with E-state index in [9.17, 15) is 9.59 Å². The molecule has 0 saturated heterocycles. The lowest BCUT2D eigenvalue weighted by Crippen LogP contribution is -2.38. The normalized spacial score (nSPS) is 10.7. The van der Waals surface area contributed by atoms with Gasteiger partial charge in [0.2, 0.25) is 5.91 Å². The van der Waals surface area contributed by atoms with Crippen LogP contribution in [0.5, 0.6) is 0 Å². The lowest BCUT2D eigenvalue weighted by atomic mass is 10.1. The Kier molecular flexibility index (Phi) is 12.4. The number of hydrogen-bond acceptors (Lipinski definition) is 3. The van der Waals surface area contributed by atoms with Gasteiger partial charge in [-0.25, -0.2) is 0 Å². The van der Waals surface area contributed by atoms with Crippen molar-refractivity contribution in [2.45, 2.75) is 26.7 Å². The maximum absolute atomic E-state index is 12.1. The standard InChI is InChI=1S/C24H33N5O2.HI/c1-5-25-24(26-15-13-19-9-11-22(12-10-19)28-18(2)30)27-16-14-20-7-6-8-21(17-20)23(31)29(3)4;/h6-12,17H,5,13-16H2,1-4H3,(H,28,30)(H2,25,26,27);1H. The third-order valence-electron chi connectivity index (χ3n) is 4.58. The number of guanidine groups is 1. The molecule has 0 aromatic heterocycles. The van der Waals surface area contributed by atoms with Gasteiger partial charge in [0.05, 0.1) is 0 Å². The number of hydrogen-bond donors (Lipinski definition) is 3. The maximum atomic E-state index is 12.1. The Morgan fingerprint density at radius 2 is 1.69 bits per heavy atom. The van der Waals surface area contributed by atoms with Gasteiger partial charge in [0.25, 0.3) is 5.91 Å². The van der Waals surface area contributed by atoms with E-state index < -0.39 is 0 Å². The van der Waals surface area contributed by atoms with Gasteiger partial charge in [-0.3, -0.25) is 14.6 Å². The summed E-state index contributed by atoms with van der Waals surface area (Å²) in [4.78, 5) is 29.5. The smallest absolute Gasteiger partial charge is 0.253 e. The van der Waals surface area contributed by atoms with Crippen LogP contribution in [-0.4, -0.2) is 56.4 Å². The highest BCUT2D eigenvalue weighted by Crippen LogP contribution is 2.10. The van der Waals surface area contributed by atoms with Crippen molar-refractivity contribution in [3.8, 4) is 0 Å². The van der Waals surface area contributed by atoms with Crippen LogP contribution < -0.4 is 16.0 Å². The summed E-state index contributed by atoms with van der Waals surface area (Å²) < 4.78 is 0. The molecule has 0 spiro atoms. The van der Waals surface area contributed by atoms with E-state index in [-0.39, 0.29) is 35.8 Å². The van der Waals surface area contributed by atoms with Crippen LogP contribution in [-0.2, 0) is 17.6 Å². The van der Waals surface area contributed by atoms with Gasteiger partial charge in [-0.15, -0.1) is 24.0 Å². The topological polar surface area (TPSA) is 85.8 Å². The second-order valence-electron chi connectivity index (χ2n) is 7.47. The van der Waals surface area contributed by atoms with Crippen molar-refractivity contribution >= 4 is 47.4 Å². The number of halogens is 1. The van der Waals surface area contributed by atoms with Crippen molar-refractivity contribution in [1.82, 2.24) is 15.5 Å². The lowest BCUT2D eigenvalue weighted by molar-refractivity contribution is -0.114. The Hall–Kier alpha value is -2.62. The molecule has 0 unspecified atom stereocenters. The van der Waals surface area contributed by atoms with Gasteiger partial charge in [0, 0.05) is 51.9 Å². The highest BCUT2D eigenvalue weighted by atomic mass is 127. The molecule has 2 amide bonds. The quantitative estimate of drug-likeness (QED) is 0.254. The van der Waals surface area contributed by atoms with Crippen molar-refractivity contribution in [1.29, 1.82) is 0 Å². The molecule has 0 heterocycles. The van der Waals surface area contributed by atoms with E-state index in [0.29, 0.717) is 12.1 Å². The van der Waals surface area contributed by atoms with Gasteiger partial charge >= 0.3 is 0 Å². The Morgan fingerprint density at radius 1 is 0.969 bits per heavy atom. The van der Waals surface area contributed by atoms with Crippen LogP contribution in [0, 0.1) is 0 Å². The second-order valence-corrected chi connectivity index (χ2v) is 7.47. The Balaban J connectivity index is 0.00000512. The van der Waals surface area contributed by atoms with E-state index in [2.05, 4.69) is 20.9 Å². The minimum atomic E-state index is -0.0743. The molecule has 0 fully saturated rings. The fourth-order valence-electron chi connectivity index (χ4n) is 3.04. The molecular weight excluding hydrogens is 517 g/mol. The van der Waals surface area contributed by atoms with Crippen LogP contribution in [0.25, 0.3) is 0 Å². The monoisotopic (exact) mass is 551 g/mol. The average molecular weight is 551 g/mol. The number of carbonyl (C=O) groups excluding carboxylic acids is 2. The first-order valence-electron chi connectivity index (χ1n) is 10.6. The molecule has 2 aromatic rings. The number of nitrogens with zero attached hydrogens (tertiary/aromatic N) is 2. The zero-order chi connectivity index (χ0) is 22.6. The molecule has 2 aromatic carbocycles. The van der Waals surface area contributed by atoms with Crippen molar-refractivity contribution in [3.05, 3.63) is 65.2 Å². The van der Waals surface area contributed by atoms with Crippen LogP contribution in [0.2, 0.25) is 0 Å². The van der Waals surface area contributed by atoms with Crippen LogP contribution in [0.4, 0.5) is 5.69 Å². The summed E-state index contributed by atoms with van der Waals surface area (Å²) in [6, 6.07) is 15.5. The molecule has 8 heteroatoms. The Labute approximate surface area is 208 Å². The third-order valence-corrected chi connectivity index (χ3v) is 4.58. The molecule has 0 aliphatic carbocycles. The second kappa shape index (κ2) is 14.4. The predicted molar refractivity (Wildman–Crippen MR) is 142 cm³/mol. The van der Waals surface area contributed by atoms with Crippen molar-refractivity contribution < 1.29 is 9.59 Å². The van der Waals surface area contributed by atoms with E-state index in [4.69, 9.17) is 0 Å². The molecule has 2 rings (SSSR count). The van der Waals surface area contributed by atoms with Gasteiger partial charge in [0.1, 0.15) is 0 Å². The number of carbonyl (C=O) groups is 2. The first kappa shape index (κ1) is 27.4. The number of amides is 2. The largest absolute Gasteiger partial charge is 0.357 e. The third kappa shape index (κ3) is 9.67. The molecule has 0 aliphatic heterocycles. The summed E-state index contributed by atoms with van der Waals surface area (Å²) in [6.07, 6.45) is 1.61. The maximum Gasteiger partial charge on any atom is 0.253 e. The molecule has 0 atom stereocenters. The average Bonchev–Trinajstić information content (AvgIpc) is 2.74. The minimum Gasteiger partial charge on any atom is -0.357 e. The van der Waals surface area contributed by atoms with Crippen molar-refractivity contribution in [2.24, 2.45) is 4.99 Å². The summed E-state index contributed by atoms with van der Waals surface area (Å²) in [5.74, 6) is 0.711. The Bertz CT molecular complexity index is 898. The Morgan fingerprint density at radius 3 is 2.31 bits per heavy atom. The zero-order valence-electron chi connectivity index (χ0n) is 19.3. The molecule has 0 aliphatic rings. The summed E-state index contributed by atoms with van der Waals surface area (Å²) in [7, 11) is 3.51. The zero-order valence-corrected chi connectivity index (χ0v) is 21.6. The fourth-order valence-corrected chi connectivity index (χ4v) is 3.04. The number of nitrogens with one attached hydrogen (secondary N) is 3. The lowest BCUT2D eigenvalue weighted by Gasteiger charge is -2.13. The highest BCUT2D eigenvalue weighted by molar-refractivity contribution is 14.0. The van der Waals surface area contributed by atoms with Gasteiger partial charge in [0.15, 0.2) is 5.96 Å². The summed E-state index contributed by atoms with van der Waals surface area (Å²) in [5.41, 5.74) is 3.77. The van der Waals surface area contributed by atoms with E-state index in [1.165, 1.54) is 6.92 Å². The van der Waals surface area contributed by atoms with Gasteiger partial charge < -0.3 is 20.9 Å². The first-order chi connectivity index (χ1) is 14.9. The summed E-state index contributed by atoms with van der Waals surface area (Å²) in [6.45, 7) is 5.69. The molecule has 7 nitrogen and oxygen atoms in total. The van der Waals surface area contributed by atoms with E-state index in [1.807, 2.05) is 55.5 Å². The van der Waals surface area contributed by atoms with Crippen molar-refractivity contribution in [3.63, 3.8) is 0 Å². The fraction of sp³-hybridized carbons (Fsp3) is 0.375. The number of aliphatic imine (C=N–C) groups is 1. The number of rotatable bonds is 9. The predicted octanol–water partition coefficient (Wildman–Crippen LogP) is 3.31. The number of anilines is 1. The van der Waals surface area contributed by atoms with Gasteiger partial charge in [-0.1, -0.05) is 24.3 Å². The van der Waals surface area contributed by atoms with Crippen molar-refractivity contribution in [2.75, 3.05) is 39.0 Å². The van der Waals surface area contributed by atoms with Gasteiger partial charge in [-0.05, 0) is 55.2 Å². The number of benzene rings is 2. The van der Waals surface area contributed by atoms with Crippen LogP contribution in [0.3, 0.4) is 0 Å². The summed E-state index contributed by atoms with van der Waals surface area (Å²) >= 11 is 0. The minimum absolute atomic E-state index is 0. The molecule has 3 N–H and O–H groups in total.